The highest BCUT2D eigenvalue weighted by molar-refractivity contribution is 7.99. The minimum absolute atomic E-state index is 0.323. The van der Waals surface area contributed by atoms with E-state index in [9.17, 15) is 9.18 Å². The van der Waals surface area contributed by atoms with Gasteiger partial charge in [0.1, 0.15) is 5.82 Å². The highest BCUT2D eigenvalue weighted by Crippen LogP contribution is 2.31. The molecule has 2 aromatic rings. The van der Waals surface area contributed by atoms with Crippen LogP contribution in [0, 0.1) is 5.82 Å². The van der Waals surface area contributed by atoms with Crippen LogP contribution in [0.5, 0.6) is 0 Å². The average molecular weight is 262 g/mol. The van der Waals surface area contributed by atoms with Crippen LogP contribution in [-0.4, -0.2) is 5.91 Å². The molecule has 1 amide bonds. The summed E-state index contributed by atoms with van der Waals surface area (Å²) in [5.74, 6) is -0.878. The number of hydrogen-bond acceptors (Lipinski definition) is 3. The molecule has 0 fully saturated rings. The Morgan fingerprint density at radius 3 is 2.61 bits per heavy atom. The van der Waals surface area contributed by atoms with Gasteiger partial charge in [0.2, 0.25) is 5.91 Å². The van der Waals surface area contributed by atoms with Crippen LogP contribution < -0.4 is 11.5 Å². The summed E-state index contributed by atoms with van der Waals surface area (Å²) in [4.78, 5) is 12.7. The second kappa shape index (κ2) is 5.10. The van der Waals surface area contributed by atoms with Crippen LogP contribution >= 0.6 is 11.8 Å². The smallest absolute Gasteiger partial charge is 0.249 e. The number of primary amides is 1. The second-order valence-electron chi connectivity index (χ2n) is 3.68. The molecule has 0 saturated carbocycles. The third-order valence-corrected chi connectivity index (χ3v) is 3.36. The van der Waals surface area contributed by atoms with Gasteiger partial charge in [0, 0.05) is 15.5 Å². The molecule has 0 spiro atoms. The molecule has 0 atom stereocenters. The zero-order valence-corrected chi connectivity index (χ0v) is 10.2. The van der Waals surface area contributed by atoms with Gasteiger partial charge in [-0.1, -0.05) is 17.8 Å². The maximum atomic E-state index is 13.1. The molecule has 0 unspecified atom stereocenters. The van der Waals surface area contributed by atoms with E-state index in [0.29, 0.717) is 21.0 Å². The standard InChI is InChI=1S/C13H11FN2OS/c14-8-2-1-3-10(6-8)18-12-5-4-9(15)7-11(12)13(16)17/h1-7H,15H2,(H2,16,17). The van der Waals surface area contributed by atoms with Crippen LogP contribution in [-0.2, 0) is 0 Å². The highest BCUT2D eigenvalue weighted by Gasteiger charge is 2.10. The van der Waals surface area contributed by atoms with Gasteiger partial charge in [-0.3, -0.25) is 4.79 Å². The molecule has 2 aromatic carbocycles. The Balaban J connectivity index is 2.37. The summed E-state index contributed by atoms with van der Waals surface area (Å²) >= 11 is 1.27. The summed E-state index contributed by atoms with van der Waals surface area (Å²) in [6, 6.07) is 11.0. The van der Waals surface area contributed by atoms with Gasteiger partial charge in [0.05, 0.1) is 5.56 Å². The van der Waals surface area contributed by atoms with Crippen LogP contribution in [0.3, 0.4) is 0 Å². The summed E-state index contributed by atoms with van der Waals surface area (Å²) in [6.07, 6.45) is 0. The molecule has 0 aliphatic rings. The molecule has 92 valence electrons. The number of carbonyl (C=O) groups excluding carboxylic acids is 1. The number of rotatable bonds is 3. The molecule has 0 saturated heterocycles. The van der Waals surface area contributed by atoms with E-state index in [1.807, 2.05) is 0 Å². The predicted octanol–water partition coefficient (Wildman–Crippen LogP) is 2.66. The fraction of sp³-hybridized carbons (Fsp3) is 0. The van der Waals surface area contributed by atoms with E-state index in [1.165, 1.54) is 30.0 Å². The van der Waals surface area contributed by atoms with Crippen LogP contribution in [0.2, 0.25) is 0 Å². The van der Waals surface area contributed by atoms with Crippen LogP contribution in [0.1, 0.15) is 10.4 Å². The van der Waals surface area contributed by atoms with Crippen LogP contribution in [0.4, 0.5) is 10.1 Å². The van der Waals surface area contributed by atoms with Gasteiger partial charge in [-0.2, -0.15) is 0 Å². The van der Waals surface area contributed by atoms with Crippen molar-refractivity contribution < 1.29 is 9.18 Å². The van der Waals surface area contributed by atoms with Crippen LogP contribution in [0.25, 0.3) is 0 Å². The molecule has 0 bridgehead atoms. The van der Waals surface area contributed by atoms with Gasteiger partial charge < -0.3 is 11.5 Å². The lowest BCUT2D eigenvalue weighted by atomic mass is 10.2. The number of carbonyl (C=O) groups is 1. The Labute approximate surface area is 108 Å². The van der Waals surface area contributed by atoms with Crippen molar-refractivity contribution in [1.29, 1.82) is 0 Å². The summed E-state index contributed by atoms with van der Waals surface area (Å²) in [6.45, 7) is 0. The first kappa shape index (κ1) is 12.4. The summed E-state index contributed by atoms with van der Waals surface area (Å²) in [5.41, 5.74) is 11.7. The Hall–Kier alpha value is -2.01. The van der Waals surface area contributed by atoms with E-state index in [-0.39, 0.29) is 5.82 Å². The molecule has 18 heavy (non-hydrogen) atoms. The van der Waals surface area contributed by atoms with Crippen molar-refractivity contribution >= 4 is 23.4 Å². The van der Waals surface area contributed by atoms with Gasteiger partial charge in [0.15, 0.2) is 0 Å². The van der Waals surface area contributed by atoms with Gasteiger partial charge in [-0.05, 0) is 36.4 Å². The number of nitrogen functional groups attached to an aromatic ring is 1. The van der Waals surface area contributed by atoms with E-state index in [1.54, 1.807) is 24.3 Å². The van der Waals surface area contributed by atoms with E-state index < -0.39 is 5.91 Å². The topological polar surface area (TPSA) is 69.1 Å². The Bertz CT molecular complexity index is 601. The number of halogens is 1. The monoisotopic (exact) mass is 262 g/mol. The fourth-order valence-corrected chi connectivity index (χ4v) is 2.46. The Morgan fingerprint density at radius 1 is 1.17 bits per heavy atom. The van der Waals surface area contributed by atoms with Crippen molar-refractivity contribution in [3.63, 3.8) is 0 Å². The maximum Gasteiger partial charge on any atom is 0.249 e. The quantitative estimate of drug-likeness (QED) is 0.835. The number of amides is 1. The molecule has 0 radical (unpaired) electrons. The van der Waals surface area contributed by atoms with Gasteiger partial charge >= 0.3 is 0 Å². The van der Waals surface area contributed by atoms with Crippen molar-refractivity contribution in [2.24, 2.45) is 5.73 Å². The molecule has 5 heteroatoms. The summed E-state index contributed by atoms with van der Waals surface area (Å²) in [7, 11) is 0. The molecular formula is C13H11FN2OS. The molecule has 0 heterocycles. The zero-order chi connectivity index (χ0) is 13.1. The second-order valence-corrected chi connectivity index (χ2v) is 4.79. The highest BCUT2D eigenvalue weighted by atomic mass is 32.2. The SMILES string of the molecule is NC(=O)c1cc(N)ccc1Sc1cccc(F)c1. The summed E-state index contributed by atoms with van der Waals surface area (Å²) < 4.78 is 13.1. The molecule has 4 N–H and O–H groups in total. The number of benzene rings is 2. The number of hydrogen-bond donors (Lipinski definition) is 2. The van der Waals surface area contributed by atoms with Gasteiger partial charge in [-0.25, -0.2) is 4.39 Å². The van der Waals surface area contributed by atoms with E-state index in [2.05, 4.69) is 0 Å². The normalized spacial score (nSPS) is 10.3. The van der Waals surface area contributed by atoms with E-state index >= 15 is 0 Å². The third-order valence-electron chi connectivity index (χ3n) is 2.29. The van der Waals surface area contributed by atoms with Crippen molar-refractivity contribution in [1.82, 2.24) is 0 Å². The van der Waals surface area contributed by atoms with Crippen molar-refractivity contribution in [2.75, 3.05) is 5.73 Å². The molecule has 2 rings (SSSR count). The third kappa shape index (κ3) is 2.81. The lowest BCUT2D eigenvalue weighted by Gasteiger charge is -2.07. The first-order valence-corrected chi connectivity index (χ1v) is 6.00. The molecule has 0 aromatic heterocycles. The van der Waals surface area contributed by atoms with Crippen LogP contribution in [0.15, 0.2) is 52.3 Å². The minimum Gasteiger partial charge on any atom is -0.399 e. The lowest BCUT2D eigenvalue weighted by Crippen LogP contribution is -2.12. The zero-order valence-electron chi connectivity index (χ0n) is 9.39. The van der Waals surface area contributed by atoms with Crippen molar-refractivity contribution in [2.45, 2.75) is 9.79 Å². The van der Waals surface area contributed by atoms with E-state index in [0.717, 1.165) is 0 Å². The first-order valence-electron chi connectivity index (χ1n) is 5.19. The van der Waals surface area contributed by atoms with Gasteiger partial charge in [-0.15, -0.1) is 0 Å². The number of anilines is 1. The van der Waals surface area contributed by atoms with Crippen molar-refractivity contribution in [3.8, 4) is 0 Å². The maximum absolute atomic E-state index is 13.1. The fourth-order valence-electron chi connectivity index (χ4n) is 1.49. The predicted molar refractivity (Wildman–Crippen MR) is 69.9 cm³/mol. The minimum atomic E-state index is -0.554. The largest absolute Gasteiger partial charge is 0.399 e. The molecular weight excluding hydrogens is 251 g/mol. The summed E-state index contributed by atoms with van der Waals surface area (Å²) in [5, 5.41) is 0. The molecule has 3 nitrogen and oxygen atoms in total. The Kier molecular flexibility index (Phi) is 3.53. The molecule has 0 aliphatic carbocycles. The van der Waals surface area contributed by atoms with E-state index in [4.69, 9.17) is 11.5 Å². The Morgan fingerprint density at radius 2 is 1.94 bits per heavy atom. The molecule has 0 aliphatic heterocycles. The average Bonchev–Trinajstić information content (AvgIpc) is 2.31. The van der Waals surface area contributed by atoms with Gasteiger partial charge in [0.25, 0.3) is 0 Å². The lowest BCUT2D eigenvalue weighted by molar-refractivity contribution is 0.0997. The first-order chi connectivity index (χ1) is 8.56. The van der Waals surface area contributed by atoms with Crippen molar-refractivity contribution in [3.05, 3.63) is 53.8 Å². The number of nitrogens with two attached hydrogens (primary N) is 2.